The number of rotatable bonds is 5. The van der Waals surface area contributed by atoms with E-state index >= 15 is 0 Å². The Bertz CT molecular complexity index is 467. The Labute approximate surface area is 97.9 Å². The van der Waals surface area contributed by atoms with Gasteiger partial charge in [-0.2, -0.15) is 0 Å². The molecule has 0 aliphatic carbocycles. The Morgan fingerprint density at radius 3 is 2.81 bits per heavy atom. The zero-order chi connectivity index (χ0) is 12.2. The van der Waals surface area contributed by atoms with Crippen LogP contribution in [0.15, 0.2) is 5.51 Å². The predicted octanol–water partition coefficient (Wildman–Crippen LogP) is -0.140. The Morgan fingerprint density at radius 2 is 2.31 bits per heavy atom. The number of nitrogens with one attached hydrogen (secondary N) is 1. The highest BCUT2D eigenvalue weighted by atomic mass is 32.2. The number of sulfonamides is 1. The first-order chi connectivity index (χ1) is 7.40. The summed E-state index contributed by atoms with van der Waals surface area (Å²) in [4.78, 5) is 16.0. The van der Waals surface area contributed by atoms with Gasteiger partial charge in [-0.25, -0.2) is 18.5 Å². The molecule has 1 amide bonds. The van der Waals surface area contributed by atoms with Crippen LogP contribution in [0.3, 0.4) is 0 Å². The van der Waals surface area contributed by atoms with Crippen molar-refractivity contribution in [3.63, 3.8) is 0 Å². The van der Waals surface area contributed by atoms with Crippen LogP contribution in [0.1, 0.15) is 21.8 Å². The van der Waals surface area contributed by atoms with Gasteiger partial charge in [0.1, 0.15) is 4.88 Å². The minimum absolute atomic E-state index is 0.130. The second-order valence-electron chi connectivity index (χ2n) is 3.24. The molecule has 0 aromatic carbocycles. The third kappa shape index (κ3) is 4.25. The van der Waals surface area contributed by atoms with E-state index in [0.29, 0.717) is 17.0 Å². The molecule has 16 heavy (non-hydrogen) atoms. The SMILES string of the molecule is Cc1ncsc1C(=O)NCCCS(N)(=O)=O. The average Bonchev–Trinajstić information content (AvgIpc) is 2.57. The van der Waals surface area contributed by atoms with E-state index in [4.69, 9.17) is 5.14 Å². The number of carbonyl (C=O) groups excluding carboxylic acids is 1. The van der Waals surface area contributed by atoms with Crippen LogP contribution >= 0.6 is 11.3 Å². The number of primary sulfonamides is 1. The van der Waals surface area contributed by atoms with Crippen LogP contribution in [0.5, 0.6) is 0 Å². The quantitative estimate of drug-likeness (QED) is 0.722. The summed E-state index contributed by atoms with van der Waals surface area (Å²) in [5, 5.41) is 7.43. The highest BCUT2D eigenvalue weighted by Crippen LogP contribution is 2.11. The number of nitrogens with zero attached hydrogens (tertiary/aromatic N) is 1. The molecule has 0 spiro atoms. The second-order valence-corrected chi connectivity index (χ2v) is 5.83. The molecule has 90 valence electrons. The molecular formula is C8H13N3O3S2. The number of hydrogen-bond donors (Lipinski definition) is 2. The molecule has 8 heteroatoms. The number of amides is 1. The van der Waals surface area contributed by atoms with Crippen LogP contribution < -0.4 is 10.5 Å². The third-order valence-electron chi connectivity index (χ3n) is 1.84. The molecule has 0 aliphatic rings. The van der Waals surface area contributed by atoms with E-state index in [-0.39, 0.29) is 18.2 Å². The predicted molar refractivity (Wildman–Crippen MR) is 61.8 cm³/mol. The van der Waals surface area contributed by atoms with Gasteiger partial charge in [0, 0.05) is 6.54 Å². The van der Waals surface area contributed by atoms with Gasteiger partial charge in [0.25, 0.3) is 5.91 Å². The van der Waals surface area contributed by atoms with Gasteiger partial charge in [-0.1, -0.05) is 0 Å². The van der Waals surface area contributed by atoms with E-state index < -0.39 is 10.0 Å². The molecule has 0 bridgehead atoms. The fourth-order valence-corrected chi connectivity index (χ4v) is 2.34. The normalized spacial score (nSPS) is 11.4. The van der Waals surface area contributed by atoms with E-state index in [2.05, 4.69) is 10.3 Å². The zero-order valence-electron chi connectivity index (χ0n) is 8.76. The van der Waals surface area contributed by atoms with Crippen molar-refractivity contribution in [1.82, 2.24) is 10.3 Å². The Morgan fingerprint density at radius 1 is 1.62 bits per heavy atom. The van der Waals surface area contributed by atoms with Crippen molar-refractivity contribution in [1.29, 1.82) is 0 Å². The van der Waals surface area contributed by atoms with Crippen molar-refractivity contribution >= 4 is 27.3 Å². The van der Waals surface area contributed by atoms with E-state index in [9.17, 15) is 13.2 Å². The zero-order valence-corrected chi connectivity index (χ0v) is 10.4. The monoisotopic (exact) mass is 263 g/mol. The van der Waals surface area contributed by atoms with E-state index in [1.165, 1.54) is 11.3 Å². The van der Waals surface area contributed by atoms with Gasteiger partial charge in [0.05, 0.1) is 17.0 Å². The highest BCUT2D eigenvalue weighted by molar-refractivity contribution is 7.89. The topological polar surface area (TPSA) is 102 Å². The maximum Gasteiger partial charge on any atom is 0.263 e. The molecule has 0 fully saturated rings. The molecule has 0 unspecified atom stereocenters. The molecule has 0 saturated carbocycles. The minimum Gasteiger partial charge on any atom is -0.351 e. The lowest BCUT2D eigenvalue weighted by molar-refractivity contribution is 0.0957. The molecule has 0 radical (unpaired) electrons. The summed E-state index contributed by atoms with van der Waals surface area (Å²) < 4.78 is 21.2. The lowest BCUT2D eigenvalue weighted by Crippen LogP contribution is -2.27. The van der Waals surface area contributed by atoms with Gasteiger partial charge < -0.3 is 5.32 Å². The number of aryl methyl sites for hydroxylation is 1. The van der Waals surface area contributed by atoms with Crippen LogP contribution in [-0.4, -0.2) is 31.6 Å². The summed E-state index contributed by atoms with van der Waals surface area (Å²) in [6.45, 7) is 2.03. The van der Waals surface area contributed by atoms with Crippen LogP contribution in [0.4, 0.5) is 0 Å². The molecule has 3 N–H and O–H groups in total. The van der Waals surface area contributed by atoms with E-state index in [0.717, 1.165) is 0 Å². The summed E-state index contributed by atoms with van der Waals surface area (Å²) >= 11 is 1.26. The van der Waals surface area contributed by atoms with E-state index in [1.54, 1.807) is 12.4 Å². The van der Waals surface area contributed by atoms with Gasteiger partial charge in [0.15, 0.2) is 0 Å². The summed E-state index contributed by atoms with van der Waals surface area (Å²) in [6.07, 6.45) is 0.308. The van der Waals surface area contributed by atoms with Crippen molar-refractivity contribution < 1.29 is 13.2 Å². The number of nitrogens with two attached hydrogens (primary N) is 1. The Hall–Kier alpha value is -0.990. The number of aromatic nitrogens is 1. The van der Waals surface area contributed by atoms with Crippen molar-refractivity contribution in [2.75, 3.05) is 12.3 Å². The summed E-state index contributed by atoms with van der Waals surface area (Å²) in [5.74, 6) is -0.357. The average molecular weight is 263 g/mol. The van der Waals surface area contributed by atoms with Gasteiger partial charge >= 0.3 is 0 Å². The lowest BCUT2D eigenvalue weighted by Gasteiger charge is -2.02. The molecule has 0 saturated heterocycles. The van der Waals surface area contributed by atoms with Crippen LogP contribution in [0, 0.1) is 6.92 Å². The number of thiazole rings is 1. The van der Waals surface area contributed by atoms with Crippen molar-refractivity contribution in [2.45, 2.75) is 13.3 Å². The minimum atomic E-state index is -3.45. The lowest BCUT2D eigenvalue weighted by atomic mass is 10.3. The largest absolute Gasteiger partial charge is 0.351 e. The van der Waals surface area contributed by atoms with Gasteiger partial charge in [-0.15, -0.1) is 11.3 Å². The van der Waals surface area contributed by atoms with Crippen molar-refractivity contribution in [3.8, 4) is 0 Å². The smallest absolute Gasteiger partial charge is 0.263 e. The first kappa shape index (κ1) is 13.1. The molecule has 1 aromatic heterocycles. The van der Waals surface area contributed by atoms with Gasteiger partial charge in [-0.3, -0.25) is 4.79 Å². The molecule has 1 aromatic rings. The van der Waals surface area contributed by atoms with E-state index in [1.807, 2.05) is 0 Å². The summed E-state index contributed by atoms with van der Waals surface area (Å²) in [7, 11) is -3.45. The molecule has 1 heterocycles. The maximum atomic E-state index is 11.5. The standard InChI is InChI=1S/C8H13N3O3S2/c1-6-7(15-5-11-6)8(12)10-3-2-4-16(9,13)14/h5H,2-4H2,1H3,(H,10,12)(H2,9,13,14). The first-order valence-electron chi connectivity index (χ1n) is 4.59. The number of hydrogen-bond acceptors (Lipinski definition) is 5. The van der Waals surface area contributed by atoms with Crippen LogP contribution in [0.2, 0.25) is 0 Å². The highest BCUT2D eigenvalue weighted by Gasteiger charge is 2.11. The second kappa shape index (κ2) is 5.37. The Kier molecular flexibility index (Phi) is 4.39. The first-order valence-corrected chi connectivity index (χ1v) is 7.18. The molecule has 1 rings (SSSR count). The molecule has 6 nitrogen and oxygen atoms in total. The summed E-state index contributed by atoms with van der Waals surface area (Å²) in [5.41, 5.74) is 2.27. The maximum absolute atomic E-state index is 11.5. The van der Waals surface area contributed by atoms with Crippen LogP contribution in [-0.2, 0) is 10.0 Å². The summed E-state index contributed by atoms with van der Waals surface area (Å²) in [6, 6.07) is 0. The third-order valence-corrected chi connectivity index (χ3v) is 3.63. The Balaban J connectivity index is 2.35. The van der Waals surface area contributed by atoms with Crippen molar-refractivity contribution in [3.05, 3.63) is 16.1 Å². The van der Waals surface area contributed by atoms with Gasteiger partial charge in [-0.05, 0) is 13.3 Å². The molecule has 0 aliphatic heterocycles. The number of carbonyl (C=O) groups is 1. The van der Waals surface area contributed by atoms with Crippen molar-refractivity contribution in [2.24, 2.45) is 5.14 Å². The van der Waals surface area contributed by atoms with Crippen LogP contribution in [0.25, 0.3) is 0 Å². The van der Waals surface area contributed by atoms with Gasteiger partial charge in [0.2, 0.25) is 10.0 Å². The fourth-order valence-electron chi connectivity index (χ4n) is 1.08. The molecular weight excluding hydrogens is 250 g/mol. The fraction of sp³-hybridized carbons (Fsp3) is 0.500. The molecule has 0 atom stereocenters.